The molecule has 1 fully saturated rings. The average molecular weight is 364 g/mol. The summed E-state index contributed by atoms with van der Waals surface area (Å²) in [5.41, 5.74) is 0.905. The van der Waals surface area contributed by atoms with Crippen LogP contribution in [-0.2, 0) is 0 Å². The maximum Gasteiger partial charge on any atom is 0.258 e. The van der Waals surface area contributed by atoms with E-state index in [-0.39, 0.29) is 12.0 Å². The summed E-state index contributed by atoms with van der Waals surface area (Å²) >= 11 is 0. The van der Waals surface area contributed by atoms with E-state index < -0.39 is 0 Å². The van der Waals surface area contributed by atoms with Gasteiger partial charge in [0.05, 0.1) is 0 Å². The number of ether oxygens (including phenoxy) is 1. The maximum absolute atomic E-state index is 6.08. The number of aromatic nitrogens is 3. The fourth-order valence-corrected chi connectivity index (χ4v) is 3.21. The van der Waals surface area contributed by atoms with E-state index in [1.54, 1.807) is 6.20 Å². The molecule has 0 amide bonds. The molecule has 27 heavy (non-hydrogen) atoms. The molecular formula is C21H24N4O2. The van der Waals surface area contributed by atoms with Crippen molar-refractivity contribution in [1.29, 1.82) is 0 Å². The van der Waals surface area contributed by atoms with E-state index in [0.717, 1.165) is 48.9 Å². The van der Waals surface area contributed by atoms with Crippen LogP contribution in [0.5, 0.6) is 5.75 Å². The topological polar surface area (TPSA) is 64.3 Å². The second-order valence-corrected chi connectivity index (χ2v) is 7.13. The van der Waals surface area contributed by atoms with E-state index in [2.05, 4.69) is 20.0 Å². The predicted molar refractivity (Wildman–Crippen MR) is 104 cm³/mol. The fourth-order valence-electron chi connectivity index (χ4n) is 3.21. The smallest absolute Gasteiger partial charge is 0.258 e. The zero-order valence-electron chi connectivity index (χ0n) is 15.7. The van der Waals surface area contributed by atoms with Crippen molar-refractivity contribution >= 4 is 5.82 Å². The lowest BCUT2D eigenvalue weighted by atomic mass is 10.1. The van der Waals surface area contributed by atoms with Gasteiger partial charge >= 0.3 is 0 Å². The molecule has 3 heterocycles. The first kappa shape index (κ1) is 17.5. The molecule has 0 atom stereocenters. The first-order chi connectivity index (χ1) is 13.2. The van der Waals surface area contributed by atoms with Crippen molar-refractivity contribution < 1.29 is 9.26 Å². The number of para-hydroxylation sites is 1. The van der Waals surface area contributed by atoms with Crippen LogP contribution < -0.4 is 9.64 Å². The van der Waals surface area contributed by atoms with Crippen LogP contribution in [-0.4, -0.2) is 34.3 Å². The van der Waals surface area contributed by atoms with Crippen molar-refractivity contribution in [2.24, 2.45) is 0 Å². The summed E-state index contributed by atoms with van der Waals surface area (Å²) in [7, 11) is 0. The number of benzene rings is 1. The Morgan fingerprint density at radius 2 is 1.89 bits per heavy atom. The summed E-state index contributed by atoms with van der Waals surface area (Å²) in [6, 6.07) is 14.0. The molecule has 0 radical (unpaired) electrons. The Kier molecular flexibility index (Phi) is 5.05. The number of pyridine rings is 1. The number of hydrogen-bond acceptors (Lipinski definition) is 6. The van der Waals surface area contributed by atoms with Gasteiger partial charge in [-0.3, -0.25) is 0 Å². The maximum atomic E-state index is 6.08. The van der Waals surface area contributed by atoms with Crippen LogP contribution in [0.1, 0.15) is 38.4 Å². The third kappa shape index (κ3) is 4.10. The molecule has 1 aliphatic rings. The van der Waals surface area contributed by atoms with Gasteiger partial charge in [-0.15, -0.1) is 0 Å². The molecule has 0 spiro atoms. The molecule has 6 heteroatoms. The summed E-state index contributed by atoms with van der Waals surface area (Å²) < 4.78 is 11.5. The van der Waals surface area contributed by atoms with Crippen LogP contribution in [0, 0.1) is 0 Å². The highest BCUT2D eigenvalue weighted by molar-refractivity contribution is 5.58. The van der Waals surface area contributed by atoms with E-state index in [9.17, 15) is 0 Å². The Hall–Kier alpha value is -2.89. The Bertz CT molecular complexity index is 871. The van der Waals surface area contributed by atoms with Crippen LogP contribution in [0.25, 0.3) is 11.5 Å². The van der Waals surface area contributed by atoms with Gasteiger partial charge in [-0.25, -0.2) is 4.98 Å². The lowest BCUT2D eigenvalue weighted by Crippen LogP contribution is -2.38. The van der Waals surface area contributed by atoms with Gasteiger partial charge < -0.3 is 14.2 Å². The highest BCUT2D eigenvalue weighted by Gasteiger charge is 2.22. The van der Waals surface area contributed by atoms with E-state index >= 15 is 0 Å². The normalized spacial score (nSPS) is 15.3. The molecule has 1 aromatic carbocycles. The Morgan fingerprint density at radius 1 is 1.11 bits per heavy atom. The summed E-state index contributed by atoms with van der Waals surface area (Å²) in [6.07, 6.45) is 3.99. The molecule has 0 bridgehead atoms. The zero-order chi connectivity index (χ0) is 18.6. The summed E-state index contributed by atoms with van der Waals surface area (Å²) in [4.78, 5) is 11.3. The molecular weight excluding hydrogens is 340 g/mol. The summed E-state index contributed by atoms with van der Waals surface area (Å²) in [5.74, 6) is 3.39. The van der Waals surface area contributed by atoms with E-state index in [1.807, 2.05) is 56.3 Å². The van der Waals surface area contributed by atoms with E-state index in [0.29, 0.717) is 5.89 Å². The Labute approximate surface area is 159 Å². The number of hydrogen-bond donors (Lipinski definition) is 0. The van der Waals surface area contributed by atoms with E-state index in [4.69, 9.17) is 9.26 Å². The lowest BCUT2D eigenvalue weighted by molar-refractivity contribution is 0.170. The number of piperidine rings is 1. The third-order valence-electron chi connectivity index (χ3n) is 4.76. The number of nitrogens with zero attached hydrogens (tertiary/aromatic N) is 4. The predicted octanol–water partition coefficient (Wildman–Crippen LogP) is 4.30. The van der Waals surface area contributed by atoms with Crippen molar-refractivity contribution in [3.8, 4) is 17.2 Å². The molecule has 140 valence electrons. The van der Waals surface area contributed by atoms with Crippen LogP contribution in [0.4, 0.5) is 5.82 Å². The monoisotopic (exact) mass is 364 g/mol. The highest BCUT2D eigenvalue weighted by Crippen LogP contribution is 2.26. The molecule has 0 aliphatic carbocycles. The molecule has 0 N–H and O–H groups in total. The van der Waals surface area contributed by atoms with Gasteiger partial charge in [-0.2, -0.15) is 4.98 Å². The first-order valence-electron chi connectivity index (χ1n) is 9.46. The molecule has 4 rings (SSSR count). The summed E-state index contributed by atoms with van der Waals surface area (Å²) in [5, 5.41) is 4.05. The minimum atomic E-state index is 0.243. The average Bonchev–Trinajstić information content (AvgIpc) is 3.20. The van der Waals surface area contributed by atoms with Gasteiger partial charge in [0.2, 0.25) is 0 Å². The van der Waals surface area contributed by atoms with Crippen molar-refractivity contribution in [2.75, 3.05) is 18.0 Å². The molecule has 1 aliphatic heterocycles. The van der Waals surface area contributed by atoms with Crippen molar-refractivity contribution in [3.05, 3.63) is 54.5 Å². The minimum absolute atomic E-state index is 0.243. The van der Waals surface area contributed by atoms with Crippen LogP contribution in [0.3, 0.4) is 0 Å². The SMILES string of the molecule is CC(C)c1noc(-c2ccnc(N3CCC(Oc4ccccc4)CC3)c2)n1. The lowest BCUT2D eigenvalue weighted by Gasteiger charge is -2.33. The molecule has 1 saturated heterocycles. The zero-order valence-corrected chi connectivity index (χ0v) is 15.7. The standard InChI is InChI=1S/C21H24N4O2/c1-15(2)20-23-21(27-24-20)16-8-11-22-19(14-16)25-12-9-18(10-13-25)26-17-6-4-3-5-7-17/h3-8,11,14-15,18H,9-10,12-13H2,1-2H3. The molecule has 6 nitrogen and oxygen atoms in total. The largest absolute Gasteiger partial charge is 0.490 e. The van der Waals surface area contributed by atoms with Crippen molar-refractivity contribution in [1.82, 2.24) is 15.1 Å². The molecule has 0 saturated carbocycles. The molecule has 2 aromatic heterocycles. The Morgan fingerprint density at radius 3 is 2.59 bits per heavy atom. The summed E-state index contributed by atoms with van der Waals surface area (Å²) in [6.45, 7) is 5.92. The molecule has 0 unspecified atom stereocenters. The van der Waals surface area contributed by atoms with Crippen molar-refractivity contribution in [2.45, 2.75) is 38.7 Å². The highest BCUT2D eigenvalue weighted by atomic mass is 16.5. The number of rotatable bonds is 5. The van der Waals surface area contributed by atoms with Crippen molar-refractivity contribution in [3.63, 3.8) is 0 Å². The second kappa shape index (κ2) is 7.78. The van der Waals surface area contributed by atoms with Gasteiger partial charge in [0, 0.05) is 43.6 Å². The van der Waals surface area contributed by atoms with Crippen LogP contribution >= 0.6 is 0 Å². The van der Waals surface area contributed by atoms with Gasteiger partial charge in [0.15, 0.2) is 5.82 Å². The number of anilines is 1. The van der Waals surface area contributed by atoms with Gasteiger partial charge in [-0.1, -0.05) is 37.2 Å². The fraction of sp³-hybridized carbons (Fsp3) is 0.381. The quantitative estimate of drug-likeness (QED) is 0.672. The molecule has 3 aromatic rings. The van der Waals surface area contributed by atoms with Crippen LogP contribution in [0.15, 0.2) is 53.2 Å². The van der Waals surface area contributed by atoms with Gasteiger partial charge in [0.1, 0.15) is 17.7 Å². The minimum Gasteiger partial charge on any atom is -0.490 e. The van der Waals surface area contributed by atoms with Gasteiger partial charge in [-0.05, 0) is 24.3 Å². The second-order valence-electron chi connectivity index (χ2n) is 7.13. The van der Waals surface area contributed by atoms with Crippen LogP contribution in [0.2, 0.25) is 0 Å². The van der Waals surface area contributed by atoms with Gasteiger partial charge in [0.25, 0.3) is 5.89 Å². The first-order valence-corrected chi connectivity index (χ1v) is 9.46. The Balaban J connectivity index is 1.41. The third-order valence-corrected chi connectivity index (χ3v) is 4.76. The van der Waals surface area contributed by atoms with E-state index in [1.165, 1.54) is 0 Å².